The Hall–Kier alpha value is -3.55. The quantitative estimate of drug-likeness (QED) is 0.394. The Morgan fingerprint density at radius 1 is 0.852 bits per heavy atom. The molecule has 0 radical (unpaired) electrons. The summed E-state index contributed by atoms with van der Waals surface area (Å²) in [6, 6.07) is 8.77. The molecule has 0 aliphatic heterocycles. The zero-order valence-electron chi connectivity index (χ0n) is 15.0. The van der Waals surface area contributed by atoms with Gasteiger partial charge < -0.3 is 23.7 Å². The predicted molar refractivity (Wildman–Crippen MR) is 93.8 cm³/mol. The highest BCUT2D eigenvalue weighted by Gasteiger charge is 2.16. The monoisotopic (exact) mass is 374 g/mol. The zero-order chi connectivity index (χ0) is 19.8. The van der Waals surface area contributed by atoms with Gasteiger partial charge in [0.2, 0.25) is 0 Å². The van der Waals surface area contributed by atoms with E-state index in [0.717, 1.165) is 0 Å². The van der Waals surface area contributed by atoms with Crippen LogP contribution in [0.5, 0.6) is 23.0 Å². The molecule has 0 N–H and O–H groups in total. The number of carbonyl (C=O) groups is 3. The summed E-state index contributed by atoms with van der Waals surface area (Å²) in [4.78, 5) is 34.8. The van der Waals surface area contributed by atoms with Crippen molar-refractivity contribution in [3.63, 3.8) is 0 Å². The van der Waals surface area contributed by atoms with Crippen molar-refractivity contribution < 1.29 is 38.1 Å². The SMILES string of the molecule is COc1ccc(C(=O)OCC(=O)Oc2ccc(C=O)cc2OC)cc1OC. The third-order valence-electron chi connectivity index (χ3n) is 3.49. The molecule has 2 aromatic rings. The highest BCUT2D eigenvalue weighted by molar-refractivity contribution is 5.91. The molecular formula is C19H18O8. The van der Waals surface area contributed by atoms with E-state index < -0.39 is 18.5 Å². The number of ether oxygens (including phenoxy) is 5. The van der Waals surface area contributed by atoms with Gasteiger partial charge in [-0.05, 0) is 36.4 Å². The average molecular weight is 374 g/mol. The van der Waals surface area contributed by atoms with Crippen molar-refractivity contribution in [1.29, 1.82) is 0 Å². The average Bonchev–Trinajstić information content (AvgIpc) is 2.71. The topological polar surface area (TPSA) is 97.4 Å². The van der Waals surface area contributed by atoms with E-state index in [2.05, 4.69) is 0 Å². The molecule has 0 heterocycles. The zero-order valence-corrected chi connectivity index (χ0v) is 15.0. The van der Waals surface area contributed by atoms with Crippen molar-refractivity contribution in [1.82, 2.24) is 0 Å². The Balaban J connectivity index is 1.99. The smallest absolute Gasteiger partial charge is 0.349 e. The molecule has 2 aromatic carbocycles. The fraction of sp³-hybridized carbons (Fsp3) is 0.211. The summed E-state index contributed by atoms with van der Waals surface area (Å²) in [5.41, 5.74) is 0.555. The number of aldehydes is 1. The minimum absolute atomic E-state index is 0.107. The van der Waals surface area contributed by atoms with Gasteiger partial charge in [0.15, 0.2) is 29.6 Å². The van der Waals surface area contributed by atoms with E-state index in [0.29, 0.717) is 23.3 Å². The van der Waals surface area contributed by atoms with Crippen LogP contribution in [-0.4, -0.2) is 46.2 Å². The molecule has 8 nitrogen and oxygen atoms in total. The Morgan fingerprint density at radius 2 is 1.48 bits per heavy atom. The maximum Gasteiger partial charge on any atom is 0.349 e. The lowest BCUT2D eigenvalue weighted by molar-refractivity contribution is -0.137. The van der Waals surface area contributed by atoms with Crippen LogP contribution in [0.3, 0.4) is 0 Å². The summed E-state index contributed by atoms with van der Waals surface area (Å²) in [7, 11) is 4.29. The number of methoxy groups -OCH3 is 3. The van der Waals surface area contributed by atoms with Gasteiger partial charge in [-0.3, -0.25) is 4.79 Å². The van der Waals surface area contributed by atoms with Crippen LogP contribution in [-0.2, 0) is 9.53 Å². The first-order valence-corrected chi connectivity index (χ1v) is 7.75. The second kappa shape index (κ2) is 9.23. The molecule has 0 aliphatic rings. The lowest BCUT2D eigenvalue weighted by Gasteiger charge is -2.11. The van der Waals surface area contributed by atoms with Crippen LogP contribution in [0.25, 0.3) is 0 Å². The van der Waals surface area contributed by atoms with E-state index in [1.54, 1.807) is 6.07 Å². The molecule has 0 aromatic heterocycles. The minimum Gasteiger partial charge on any atom is -0.493 e. The van der Waals surface area contributed by atoms with E-state index >= 15 is 0 Å². The summed E-state index contributed by atoms with van der Waals surface area (Å²) in [5, 5.41) is 0. The van der Waals surface area contributed by atoms with E-state index in [1.165, 1.54) is 51.7 Å². The molecule has 0 bridgehead atoms. The van der Waals surface area contributed by atoms with Crippen LogP contribution in [0.4, 0.5) is 0 Å². The second-order valence-corrected chi connectivity index (χ2v) is 5.15. The molecule has 8 heteroatoms. The van der Waals surface area contributed by atoms with E-state index in [9.17, 15) is 14.4 Å². The van der Waals surface area contributed by atoms with Crippen LogP contribution in [0, 0.1) is 0 Å². The third-order valence-corrected chi connectivity index (χ3v) is 3.49. The summed E-state index contributed by atoms with van der Waals surface area (Å²) < 4.78 is 25.3. The van der Waals surface area contributed by atoms with Crippen LogP contribution in [0.2, 0.25) is 0 Å². The van der Waals surface area contributed by atoms with Gasteiger partial charge >= 0.3 is 11.9 Å². The summed E-state index contributed by atoms with van der Waals surface area (Å²) in [6.45, 7) is -0.605. The van der Waals surface area contributed by atoms with E-state index in [4.69, 9.17) is 23.7 Å². The van der Waals surface area contributed by atoms with Gasteiger partial charge in [-0.2, -0.15) is 0 Å². The van der Waals surface area contributed by atoms with E-state index in [-0.39, 0.29) is 17.1 Å². The molecule has 0 spiro atoms. The van der Waals surface area contributed by atoms with Crippen molar-refractivity contribution in [2.75, 3.05) is 27.9 Å². The van der Waals surface area contributed by atoms with Crippen LogP contribution < -0.4 is 18.9 Å². The molecule has 2 rings (SSSR count). The summed E-state index contributed by atoms with van der Waals surface area (Å²) in [6.07, 6.45) is 0.638. The van der Waals surface area contributed by atoms with Gasteiger partial charge in [0, 0.05) is 5.56 Å². The van der Waals surface area contributed by atoms with Gasteiger partial charge in [-0.25, -0.2) is 9.59 Å². The lowest BCUT2D eigenvalue weighted by Crippen LogP contribution is -2.19. The van der Waals surface area contributed by atoms with Gasteiger partial charge in [0.25, 0.3) is 0 Å². The number of hydrogen-bond acceptors (Lipinski definition) is 8. The Bertz CT molecular complexity index is 844. The molecule has 0 aliphatic carbocycles. The third kappa shape index (κ3) is 4.97. The van der Waals surface area contributed by atoms with Crippen LogP contribution in [0.15, 0.2) is 36.4 Å². The Morgan fingerprint density at radius 3 is 2.11 bits per heavy atom. The second-order valence-electron chi connectivity index (χ2n) is 5.15. The molecule has 0 saturated heterocycles. The Labute approximate surface area is 155 Å². The van der Waals surface area contributed by atoms with Gasteiger partial charge in [-0.15, -0.1) is 0 Å². The molecule has 0 fully saturated rings. The number of carbonyl (C=O) groups excluding carboxylic acids is 3. The number of benzene rings is 2. The molecule has 0 atom stereocenters. The maximum absolute atomic E-state index is 12.1. The number of rotatable bonds is 8. The molecule has 142 valence electrons. The highest BCUT2D eigenvalue weighted by Crippen LogP contribution is 2.29. The van der Waals surface area contributed by atoms with Crippen molar-refractivity contribution in [3.8, 4) is 23.0 Å². The molecule has 0 saturated carbocycles. The predicted octanol–water partition coefficient (Wildman–Crippen LogP) is 2.29. The van der Waals surface area contributed by atoms with Gasteiger partial charge in [0.05, 0.1) is 26.9 Å². The first-order valence-electron chi connectivity index (χ1n) is 7.75. The first-order chi connectivity index (χ1) is 13.0. The molecule has 0 amide bonds. The number of hydrogen-bond donors (Lipinski definition) is 0. The van der Waals surface area contributed by atoms with Gasteiger partial charge in [-0.1, -0.05) is 0 Å². The van der Waals surface area contributed by atoms with Crippen molar-refractivity contribution in [2.24, 2.45) is 0 Å². The largest absolute Gasteiger partial charge is 0.493 e. The summed E-state index contributed by atoms with van der Waals surface area (Å²) in [5.74, 6) is -0.402. The van der Waals surface area contributed by atoms with Crippen LogP contribution in [0.1, 0.15) is 20.7 Å². The molecular weight excluding hydrogens is 356 g/mol. The Kier molecular flexibility index (Phi) is 6.76. The highest BCUT2D eigenvalue weighted by atomic mass is 16.6. The van der Waals surface area contributed by atoms with Crippen molar-refractivity contribution in [3.05, 3.63) is 47.5 Å². The molecule has 0 unspecified atom stereocenters. The van der Waals surface area contributed by atoms with Crippen molar-refractivity contribution >= 4 is 18.2 Å². The summed E-state index contributed by atoms with van der Waals surface area (Å²) >= 11 is 0. The van der Waals surface area contributed by atoms with E-state index in [1.807, 2.05) is 0 Å². The fourth-order valence-electron chi connectivity index (χ4n) is 2.16. The van der Waals surface area contributed by atoms with Crippen LogP contribution >= 0.6 is 0 Å². The molecule has 27 heavy (non-hydrogen) atoms. The standard InChI is InChI=1S/C19H18O8/c1-23-14-7-5-13(9-17(14)25-3)19(22)26-11-18(21)27-15-6-4-12(10-20)8-16(15)24-2/h4-10H,11H2,1-3H3. The first kappa shape index (κ1) is 19.8. The number of esters is 2. The normalized spacial score (nSPS) is 9.89. The van der Waals surface area contributed by atoms with Crippen molar-refractivity contribution in [2.45, 2.75) is 0 Å². The lowest BCUT2D eigenvalue weighted by atomic mass is 10.2. The maximum atomic E-state index is 12.1. The minimum atomic E-state index is -0.805. The van der Waals surface area contributed by atoms with Gasteiger partial charge in [0.1, 0.15) is 6.29 Å². The fourth-order valence-corrected chi connectivity index (χ4v) is 2.16.